The molecule has 14 heavy (non-hydrogen) atoms. The summed E-state index contributed by atoms with van der Waals surface area (Å²) < 4.78 is 0. The van der Waals surface area contributed by atoms with Crippen LogP contribution >= 0.6 is 0 Å². The minimum atomic E-state index is -0.499. The van der Waals surface area contributed by atoms with Gasteiger partial charge in [-0.25, -0.2) is 5.21 Å². The molecule has 74 valence electrons. The van der Waals surface area contributed by atoms with E-state index in [0.717, 1.165) is 0 Å². The minimum absolute atomic E-state index is 0.0231. The lowest BCUT2D eigenvalue weighted by molar-refractivity contribution is -0.730. The summed E-state index contributed by atoms with van der Waals surface area (Å²) in [5.41, 5.74) is 0.308. The van der Waals surface area contributed by atoms with Crippen molar-refractivity contribution in [1.29, 1.82) is 0 Å². The van der Waals surface area contributed by atoms with Crippen molar-refractivity contribution in [1.82, 2.24) is 0 Å². The molecule has 0 saturated heterocycles. The van der Waals surface area contributed by atoms with Crippen molar-refractivity contribution >= 4 is 11.5 Å². The molecule has 0 aliphatic rings. The lowest BCUT2D eigenvalue weighted by atomic mass is 10.1. The molecule has 0 atom stereocenters. The molecule has 0 bridgehead atoms. The number of hydrogen-bond acceptors (Lipinski definition) is 3. The maximum absolute atomic E-state index is 11.0. The average Bonchev–Trinajstić information content (AvgIpc) is 2.07. The summed E-state index contributed by atoms with van der Waals surface area (Å²) in [7, 11) is 0. The highest BCUT2D eigenvalue weighted by atomic mass is 16.6. The highest BCUT2D eigenvalue weighted by molar-refractivity contribution is 5.98. The quantitative estimate of drug-likeness (QED) is 0.557. The molecule has 0 amide bonds. The van der Waals surface area contributed by atoms with E-state index in [4.69, 9.17) is 5.21 Å². The first-order valence-electron chi connectivity index (χ1n) is 3.94. The van der Waals surface area contributed by atoms with Crippen LogP contribution in [-0.2, 0) is 0 Å². The Morgan fingerprint density at radius 2 is 2.00 bits per heavy atom. The summed E-state index contributed by atoms with van der Waals surface area (Å²) >= 11 is 0. The summed E-state index contributed by atoms with van der Waals surface area (Å²) in [6, 6.07) is 2.74. The summed E-state index contributed by atoms with van der Waals surface area (Å²) in [6.07, 6.45) is 0. The standard InChI is InChI=1S/C9H9NO4/c1-5-3-7(6(2)11)9(12)8(4-5)10(13)14/h3-4H,1-2H3,(H-,11,12,13,14)/p+1. The zero-order valence-electron chi connectivity index (χ0n) is 7.81. The Balaban J connectivity index is 3.47. The number of carbonyl (C=O) groups is 1. The van der Waals surface area contributed by atoms with E-state index >= 15 is 0 Å². The first-order chi connectivity index (χ1) is 6.43. The molecular weight excluding hydrogens is 186 g/mol. The van der Waals surface area contributed by atoms with Crippen LogP contribution in [-0.4, -0.2) is 21.0 Å². The minimum Gasteiger partial charge on any atom is -0.501 e. The molecule has 5 nitrogen and oxygen atoms in total. The fourth-order valence-corrected chi connectivity index (χ4v) is 1.17. The topological polar surface area (TPSA) is 77.6 Å². The van der Waals surface area contributed by atoms with Gasteiger partial charge in [-0.05, 0) is 25.5 Å². The number of nitrogens with zero attached hydrogens (tertiary/aromatic N) is 1. The predicted molar refractivity (Wildman–Crippen MR) is 47.9 cm³/mol. The molecule has 1 aromatic carbocycles. The molecule has 1 aromatic rings. The molecule has 0 aliphatic heterocycles. The summed E-state index contributed by atoms with van der Waals surface area (Å²) in [4.78, 5) is 21.2. The van der Waals surface area contributed by atoms with E-state index in [0.29, 0.717) is 5.56 Å². The molecule has 5 heteroatoms. The van der Waals surface area contributed by atoms with Crippen LogP contribution in [0.3, 0.4) is 0 Å². The maximum Gasteiger partial charge on any atom is 0.358 e. The van der Waals surface area contributed by atoms with Crippen LogP contribution in [0.15, 0.2) is 12.1 Å². The Labute approximate surface area is 80.1 Å². The van der Waals surface area contributed by atoms with Crippen LogP contribution < -0.4 is 0 Å². The van der Waals surface area contributed by atoms with E-state index < -0.39 is 10.7 Å². The van der Waals surface area contributed by atoms with Gasteiger partial charge < -0.3 is 5.11 Å². The largest absolute Gasteiger partial charge is 0.501 e. The third kappa shape index (κ3) is 1.71. The zero-order chi connectivity index (χ0) is 10.9. The molecular formula is C9H10NO4+. The van der Waals surface area contributed by atoms with Crippen molar-refractivity contribution in [2.75, 3.05) is 0 Å². The Kier molecular flexibility index (Phi) is 2.51. The third-order valence-electron chi connectivity index (χ3n) is 1.82. The number of rotatable bonds is 2. The van der Waals surface area contributed by atoms with Crippen molar-refractivity contribution in [3.63, 3.8) is 0 Å². The normalized spacial score (nSPS) is 9.86. The molecule has 0 radical (unpaired) electrons. The summed E-state index contributed by atoms with van der Waals surface area (Å²) in [6.45, 7) is 2.92. The van der Waals surface area contributed by atoms with Crippen LogP contribution in [0.25, 0.3) is 0 Å². The average molecular weight is 196 g/mol. The number of carbonyl (C=O) groups excluding carboxylic acids is 1. The van der Waals surface area contributed by atoms with Crippen molar-refractivity contribution in [3.8, 4) is 5.75 Å². The van der Waals surface area contributed by atoms with Crippen LogP contribution in [0.1, 0.15) is 22.8 Å². The number of phenols is 1. The SMILES string of the molecule is CC(=O)c1cc(C)cc([N+](=O)O)c1O. The molecule has 0 spiro atoms. The lowest BCUT2D eigenvalue weighted by Crippen LogP contribution is -1.99. The summed E-state index contributed by atoms with van der Waals surface area (Å²) in [5.74, 6) is -0.866. The monoisotopic (exact) mass is 196 g/mol. The van der Waals surface area contributed by atoms with Crippen molar-refractivity contribution in [2.24, 2.45) is 0 Å². The Morgan fingerprint density at radius 1 is 1.43 bits per heavy atom. The van der Waals surface area contributed by atoms with Gasteiger partial charge in [-0.15, -0.1) is 0 Å². The van der Waals surface area contributed by atoms with Gasteiger partial charge in [-0.2, -0.15) is 0 Å². The van der Waals surface area contributed by atoms with Gasteiger partial charge in [0.15, 0.2) is 5.78 Å². The fourth-order valence-electron chi connectivity index (χ4n) is 1.17. The van der Waals surface area contributed by atoms with Gasteiger partial charge in [0.25, 0.3) is 4.92 Å². The number of hydrogen-bond donors (Lipinski definition) is 2. The third-order valence-corrected chi connectivity index (χ3v) is 1.82. The van der Waals surface area contributed by atoms with Crippen molar-refractivity contribution < 1.29 is 20.0 Å². The van der Waals surface area contributed by atoms with Crippen LogP contribution in [0.2, 0.25) is 0 Å². The number of Topliss-reactive ketones (excluding diaryl/α,β-unsaturated/α-hetero) is 1. The molecule has 0 heterocycles. The van der Waals surface area contributed by atoms with Crippen LogP contribution in [0.5, 0.6) is 5.75 Å². The fraction of sp³-hybridized carbons (Fsp3) is 0.222. The van der Waals surface area contributed by atoms with Gasteiger partial charge in [0, 0.05) is 6.07 Å². The molecule has 1 rings (SSSR count). The van der Waals surface area contributed by atoms with E-state index in [2.05, 4.69) is 0 Å². The summed E-state index contributed by atoms with van der Waals surface area (Å²) in [5, 5.41) is 18.1. The van der Waals surface area contributed by atoms with Gasteiger partial charge >= 0.3 is 5.69 Å². The first-order valence-corrected chi connectivity index (χ1v) is 3.94. The predicted octanol–water partition coefficient (Wildman–Crippen LogP) is 1.70. The number of benzene rings is 1. The smallest absolute Gasteiger partial charge is 0.358 e. The molecule has 2 N–H and O–H groups in total. The van der Waals surface area contributed by atoms with Gasteiger partial charge in [0.05, 0.1) is 10.5 Å². The first kappa shape index (κ1) is 10.2. The van der Waals surface area contributed by atoms with Crippen LogP contribution in [0, 0.1) is 11.8 Å². The van der Waals surface area contributed by atoms with E-state index in [1.165, 1.54) is 19.1 Å². The van der Waals surface area contributed by atoms with Crippen molar-refractivity contribution in [2.45, 2.75) is 13.8 Å². The van der Waals surface area contributed by atoms with E-state index in [1.807, 2.05) is 0 Å². The van der Waals surface area contributed by atoms with Gasteiger partial charge in [-0.3, -0.25) is 4.79 Å². The Bertz CT molecular complexity index is 376. The lowest BCUT2D eigenvalue weighted by Gasteiger charge is -2.00. The van der Waals surface area contributed by atoms with E-state index in [9.17, 15) is 14.8 Å². The highest BCUT2D eigenvalue weighted by Gasteiger charge is 2.23. The zero-order valence-corrected chi connectivity index (χ0v) is 7.81. The highest BCUT2D eigenvalue weighted by Crippen LogP contribution is 2.30. The molecule has 0 aliphatic carbocycles. The number of ketones is 1. The molecule has 0 fully saturated rings. The van der Waals surface area contributed by atoms with Crippen molar-refractivity contribution in [3.05, 3.63) is 28.2 Å². The maximum atomic E-state index is 11.0. The van der Waals surface area contributed by atoms with E-state index in [-0.39, 0.29) is 17.0 Å². The van der Waals surface area contributed by atoms with E-state index in [1.54, 1.807) is 6.92 Å². The second kappa shape index (κ2) is 3.45. The number of aromatic hydroxyl groups is 1. The van der Waals surface area contributed by atoms with Crippen LogP contribution in [0.4, 0.5) is 5.69 Å². The number of phenolic OH excluding ortho intramolecular Hbond substituents is 1. The second-order valence-corrected chi connectivity index (χ2v) is 3.01. The van der Waals surface area contributed by atoms with Gasteiger partial charge in [-0.1, -0.05) is 0 Å². The van der Waals surface area contributed by atoms with Gasteiger partial charge in [0.1, 0.15) is 0 Å². The Morgan fingerprint density at radius 3 is 2.43 bits per heavy atom. The molecule has 0 saturated carbocycles. The second-order valence-electron chi connectivity index (χ2n) is 3.01. The molecule has 0 unspecified atom stereocenters. The van der Waals surface area contributed by atoms with Gasteiger partial charge in [0.2, 0.25) is 5.75 Å². The number of aryl methyl sites for hydroxylation is 1. The molecule has 0 aromatic heterocycles. The Hall–Kier alpha value is -1.91.